The highest BCUT2D eigenvalue weighted by atomic mass is 16.3. The monoisotopic (exact) mass is 236 g/mol. The smallest absolute Gasteiger partial charge is 0.257 e. The number of rotatable bonds is 2. The Labute approximate surface area is 102 Å². The molecule has 2 heterocycles. The summed E-state index contributed by atoms with van der Waals surface area (Å²) in [5.41, 5.74) is 6.30. The first-order valence-electron chi connectivity index (χ1n) is 6.08. The van der Waals surface area contributed by atoms with Gasteiger partial charge < -0.3 is 15.1 Å². The second-order valence-electron chi connectivity index (χ2n) is 5.50. The number of carbonyl (C=O) groups excluding carboxylic acids is 1. The van der Waals surface area contributed by atoms with Gasteiger partial charge >= 0.3 is 0 Å². The van der Waals surface area contributed by atoms with E-state index in [-0.39, 0.29) is 11.3 Å². The predicted octanol–water partition coefficient (Wildman–Crippen LogP) is 2.00. The molecule has 0 aromatic carbocycles. The molecule has 0 spiro atoms. The van der Waals surface area contributed by atoms with E-state index in [0.29, 0.717) is 17.9 Å². The summed E-state index contributed by atoms with van der Waals surface area (Å²) in [4.78, 5) is 14.2. The van der Waals surface area contributed by atoms with Crippen molar-refractivity contribution in [1.82, 2.24) is 4.90 Å². The second-order valence-corrected chi connectivity index (χ2v) is 5.50. The van der Waals surface area contributed by atoms with Crippen LogP contribution in [0.25, 0.3) is 0 Å². The van der Waals surface area contributed by atoms with Crippen LogP contribution in [-0.2, 0) is 6.54 Å². The highest BCUT2D eigenvalue weighted by Crippen LogP contribution is 2.29. The number of likely N-dealkylation sites (tertiary alicyclic amines) is 1. The molecule has 4 heteroatoms. The van der Waals surface area contributed by atoms with Crippen molar-refractivity contribution in [2.45, 2.75) is 33.2 Å². The predicted molar refractivity (Wildman–Crippen MR) is 65.5 cm³/mol. The first kappa shape index (κ1) is 12.2. The average molecular weight is 236 g/mol. The number of hydrogen-bond donors (Lipinski definition) is 1. The van der Waals surface area contributed by atoms with E-state index in [9.17, 15) is 4.79 Å². The second kappa shape index (κ2) is 4.53. The van der Waals surface area contributed by atoms with E-state index in [1.807, 2.05) is 4.90 Å². The third-order valence-electron chi connectivity index (χ3n) is 3.29. The molecule has 1 amide bonds. The van der Waals surface area contributed by atoms with E-state index >= 15 is 0 Å². The SMILES string of the molecule is CC1(C)CCCN(C(=O)c2coc(CN)c2)C1. The fourth-order valence-corrected chi connectivity index (χ4v) is 2.38. The van der Waals surface area contributed by atoms with Crippen LogP contribution in [-0.4, -0.2) is 23.9 Å². The number of furan rings is 1. The first-order chi connectivity index (χ1) is 8.02. The number of nitrogens with two attached hydrogens (primary N) is 1. The van der Waals surface area contributed by atoms with Crippen LogP contribution >= 0.6 is 0 Å². The summed E-state index contributed by atoms with van der Waals surface area (Å²) in [6, 6.07) is 1.74. The highest BCUT2D eigenvalue weighted by Gasteiger charge is 2.30. The molecule has 4 nitrogen and oxygen atoms in total. The lowest BCUT2D eigenvalue weighted by molar-refractivity contribution is 0.0582. The standard InChI is InChI=1S/C13H20N2O2/c1-13(2)4-3-5-15(9-13)12(16)10-6-11(7-14)17-8-10/h6,8H,3-5,7,9,14H2,1-2H3. The molecule has 1 aliphatic heterocycles. The Kier molecular flexibility index (Phi) is 3.24. The maximum Gasteiger partial charge on any atom is 0.257 e. The van der Waals surface area contributed by atoms with E-state index in [0.717, 1.165) is 19.5 Å². The molecule has 1 aromatic rings. The molecule has 1 fully saturated rings. The van der Waals surface area contributed by atoms with Gasteiger partial charge in [0.15, 0.2) is 0 Å². The maximum atomic E-state index is 12.2. The Morgan fingerprint density at radius 3 is 2.94 bits per heavy atom. The van der Waals surface area contributed by atoms with Crippen LogP contribution in [0.15, 0.2) is 16.7 Å². The topological polar surface area (TPSA) is 59.5 Å². The summed E-state index contributed by atoms with van der Waals surface area (Å²) < 4.78 is 5.21. The van der Waals surface area contributed by atoms with Crippen LogP contribution in [0.1, 0.15) is 42.8 Å². The molecule has 17 heavy (non-hydrogen) atoms. The summed E-state index contributed by atoms with van der Waals surface area (Å²) in [5.74, 6) is 0.714. The van der Waals surface area contributed by atoms with Crippen LogP contribution in [0.5, 0.6) is 0 Å². The average Bonchev–Trinajstić information content (AvgIpc) is 2.75. The Balaban J connectivity index is 2.09. The van der Waals surface area contributed by atoms with Gasteiger partial charge in [0.2, 0.25) is 0 Å². The lowest BCUT2D eigenvalue weighted by Gasteiger charge is -2.37. The van der Waals surface area contributed by atoms with Gasteiger partial charge in [-0.1, -0.05) is 13.8 Å². The van der Waals surface area contributed by atoms with E-state index in [2.05, 4.69) is 13.8 Å². The number of nitrogens with zero attached hydrogens (tertiary/aromatic N) is 1. The molecule has 2 rings (SSSR count). The third-order valence-corrected chi connectivity index (χ3v) is 3.29. The summed E-state index contributed by atoms with van der Waals surface area (Å²) in [6.45, 7) is 6.39. The summed E-state index contributed by atoms with van der Waals surface area (Å²) in [7, 11) is 0. The quantitative estimate of drug-likeness (QED) is 0.854. The van der Waals surface area contributed by atoms with Crippen LogP contribution < -0.4 is 5.73 Å². The van der Waals surface area contributed by atoms with Gasteiger partial charge in [-0.3, -0.25) is 4.79 Å². The fraction of sp³-hybridized carbons (Fsp3) is 0.615. The molecule has 0 bridgehead atoms. The number of carbonyl (C=O) groups is 1. The number of hydrogen-bond acceptors (Lipinski definition) is 3. The van der Waals surface area contributed by atoms with Crippen LogP contribution in [0, 0.1) is 5.41 Å². The van der Waals surface area contributed by atoms with Crippen LogP contribution in [0.4, 0.5) is 0 Å². The molecule has 0 unspecified atom stereocenters. The Hall–Kier alpha value is -1.29. The first-order valence-corrected chi connectivity index (χ1v) is 6.08. The number of amides is 1. The lowest BCUT2D eigenvalue weighted by Crippen LogP contribution is -2.43. The molecule has 0 atom stereocenters. The van der Waals surface area contributed by atoms with Crippen molar-refractivity contribution in [1.29, 1.82) is 0 Å². The van der Waals surface area contributed by atoms with Gasteiger partial charge in [-0.2, -0.15) is 0 Å². The largest absolute Gasteiger partial charge is 0.467 e. The molecule has 1 aliphatic rings. The van der Waals surface area contributed by atoms with Crippen molar-refractivity contribution in [2.24, 2.45) is 11.1 Å². The molecular weight excluding hydrogens is 216 g/mol. The van der Waals surface area contributed by atoms with Crippen molar-refractivity contribution < 1.29 is 9.21 Å². The van der Waals surface area contributed by atoms with Crippen molar-refractivity contribution in [3.63, 3.8) is 0 Å². The van der Waals surface area contributed by atoms with Gasteiger partial charge in [-0.05, 0) is 24.3 Å². The minimum atomic E-state index is 0.0567. The van der Waals surface area contributed by atoms with E-state index in [1.165, 1.54) is 12.7 Å². The van der Waals surface area contributed by atoms with Crippen molar-refractivity contribution >= 4 is 5.91 Å². The summed E-state index contributed by atoms with van der Waals surface area (Å²) in [6.07, 6.45) is 3.75. The van der Waals surface area contributed by atoms with Gasteiger partial charge in [0, 0.05) is 13.1 Å². The lowest BCUT2D eigenvalue weighted by atomic mass is 9.84. The van der Waals surface area contributed by atoms with Gasteiger partial charge in [0.25, 0.3) is 5.91 Å². The van der Waals surface area contributed by atoms with E-state index in [1.54, 1.807) is 6.07 Å². The molecular formula is C13H20N2O2. The fourth-order valence-electron chi connectivity index (χ4n) is 2.38. The summed E-state index contributed by atoms with van der Waals surface area (Å²) in [5, 5.41) is 0. The molecule has 94 valence electrons. The normalized spacial score (nSPS) is 19.4. The highest BCUT2D eigenvalue weighted by molar-refractivity contribution is 5.94. The minimum absolute atomic E-state index is 0.0567. The maximum absolute atomic E-state index is 12.2. The van der Waals surface area contributed by atoms with E-state index in [4.69, 9.17) is 10.2 Å². The van der Waals surface area contributed by atoms with Crippen molar-refractivity contribution in [3.8, 4) is 0 Å². The molecule has 0 radical (unpaired) electrons. The Morgan fingerprint density at radius 1 is 1.59 bits per heavy atom. The summed E-state index contributed by atoms with van der Waals surface area (Å²) >= 11 is 0. The zero-order chi connectivity index (χ0) is 12.5. The Bertz CT molecular complexity index is 409. The minimum Gasteiger partial charge on any atom is -0.467 e. The van der Waals surface area contributed by atoms with E-state index < -0.39 is 0 Å². The zero-order valence-corrected chi connectivity index (χ0v) is 10.5. The number of piperidine rings is 1. The molecule has 1 saturated heterocycles. The van der Waals surface area contributed by atoms with Gasteiger partial charge in [-0.25, -0.2) is 0 Å². The third kappa shape index (κ3) is 2.69. The molecule has 1 aromatic heterocycles. The molecule has 2 N–H and O–H groups in total. The molecule has 0 aliphatic carbocycles. The van der Waals surface area contributed by atoms with Gasteiger partial charge in [0.05, 0.1) is 12.1 Å². The molecule has 0 saturated carbocycles. The Morgan fingerprint density at radius 2 is 2.35 bits per heavy atom. The van der Waals surface area contributed by atoms with Crippen LogP contribution in [0.2, 0.25) is 0 Å². The van der Waals surface area contributed by atoms with Crippen LogP contribution in [0.3, 0.4) is 0 Å². The van der Waals surface area contributed by atoms with Crippen molar-refractivity contribution in [2.75, 3.05) is 13.1 Å². The van der Waals surface area contributed by atoms with Gasteiger partial charge in [-0.15, -0.1) is 0 Å². The van der Waals surface area contributed by atoms with Gasteiger partial charge in [0.1, 0.15) is 12.0 Å². The zero-order valence-electron chi connectivity index (χ0n) is 10.5. The van der Waals surface area contributed by atoms with Crippen molar-refractivity contribution in [3.05, 3.63) is 23.7 Å².